The summed E-state index contributed by atoms with van der Waals surface area (Å²) in [7, 11) is 3.55. The second-order valence-electron chi connectivity index (χ2n) is 9.02. The summed E-state index contributed by atoms with van der Waals surface area (Å²) >= 11 is 0. The zero-order valence-corrected chi connectivity index (χ0v) is 20.1. The number of likely N-dealkylation sites (N-methyl/N-ethyl adjacent to an activating group) is 1. The zero-order valence-electron chi connectivity index (χ0n) is 20.1. The van der Waals surface area contributed by atoms with Gasteiger partial charge in [0, 0.05) is 26.1 Å². The number of benzene rings is 2. The highest BCUT2D eigenvalue weighted by Crippen LogP contribution is 2.23. The van der Waals surface area contributed by atoms with Gasteiger partial charge in [0.1, 0.15) is 18.1 Å². The molecule has 7 heteroatoms. The maximum atomic E-state index is 13.1. The van der Waals surface area contributed by atoms with E-state index in [1.807, 2.05) is 65.0 Å². The molecular formula is C27H34N4O3. The van der Waals surface area contributed by atoms with Crippen molar-refractivity contribution in [2.24, 2.45) is 0 Å². The van der Waals surface area contributed by atoms with E-state index in [1.54, 1.807) is 7.11 Å². The fourth-order valence-electron chi connectivity index (χ4n) is 4.72. The molecular weight excluding hydrogens is 428 g/mol. The van der Waals surface area contributed by atoms with Gasteiger partial charge in [-0.3, -0.25) is 9.59 Å². The third kappa shape index (κ3) is 5.76. The molecule has 0 unspecified atom stereocenters. The molecule has 1 N–H and O–H groups in total. The van der Waals surface area contributed by atoms with Crippen LogP contribution < -0.4 is 10.1 Å². The molecule has 4 rings (SSSR count). The number of para-hydroxylation sites is 2. The third-order valence-corrected chi connectivity index (χ3v) is 6.74. The fourth-order valence-corrected chi connectivity index (χ4v) is 4.72. The molecule has 0 radical (unpaired) electrons. The van der Waals surface area contributed by atoms with Gasteiger partial charge in [-0.1, -0.05) is 43.5 Å². The molecule has 1 aliphatic carbocycles. The van der Waals surface area contributed by atoms with Gasteiger partial charge in [0.25, 0.3) is 0 Å². The van der Waals surface area contributed by atoms with E-state index in [0.29, 0.717) is 25.4 Å². The first-order valence-corrected chi connectivity index (χ1v) is 12.1. The first-order chi connectivity index (χ1) is 16.5. The highest BCUT2D eigenvalue weighted by Gasteiger charge is 2.23. The number of fused-ring (bicyclic) bond motifs is 1. The Labute approximate surface area is 201 Å². The topological polar surface area (TPSA) is 76.5 Å². The summed E-state index contributed by atoms with van der Waals surface area (Å²) in [4.78, 5) is 32.3. The highest BCUT2D eigenvalue weighted by atomic mass is 16.5. The predicted molar refractivity (Wildman–Crippen MR) is 133 cm³/mol. The summed E-state index contributed by atoms with van der Waals surface area (Å²) in [6, 6.07) is 15.7. The molecule has 34 heavy (non-hydrogen) atoms. The number of carbonyl (C=O) groups excluding carboxylic acids is 2. The number of nitrogens with one attached hydrogen (secondary N) is 1. The molecule has 2 aromatic carbocycles. The number of hydrogen-bond donors (Lipinski definition) is 1. The summed E-state index contributed by atoms with van der Waals surface area (Å²) in [6.07, 6.45) is 6.68. The van der Waals surface area contributed by atoms with Gasteiger partial charge in [-0.25, -0.2) is 4.98 Å². The Balaban J connectivity index is 1.39. The van der Waals surface area contributed by atoms with Crippen LogP contribution in [0.25, 0.3) is 11.0 Å². The first-order valence-electron chi connectivity index (χ1n) is 12.1. The van der Waals surface area contributed by atoms with E-state index in [4.69, 9.17) is 9.72 Å². The third-order valence-electron chi connectivity index (χ3n) is 6.74. The highest BCUT2D eigenvalue weighted by molar-refractivity contribution is 5.81. The summed E-state index contributed by atoms with van der Waals surface area (Å²) in [5.74, 6) is 1.66. The van der Waals surface area contributed by atoms with Crippen LogP contribution in [-0.2, 0) is 29.0 Å². The first kappa shape index (κ1) is 23.8. The second-order valence-corrected chi connectivity index (χ2v) is 9.02. The summed E-state index contributed by atoms with van der Waals surface area (Å²) in [6.45, 7) is 0.730. The quantitative estimate of drug-likeness (QED) is 0.526. The van der Waals surface area contributed by atoms with Gasteiger partial charge >= 0.3 is 0 Å². The van der Waals surface area contributed by atoms with Crippen molar-refractivity contribution < 1.29 is 14.3 Å². The number of aromatic nitrogens is 2. The minimum atomic E-state index is -0.0408. The number of methoxy groups -OCH3 is 1. The molecule has 0 bridgehead atoms. The van der Waals surface area contributed by atoms with E-state index < -0.39 is 0 Å². The van der Waals surface area contributed by atoms with Crippen LogP contribution in [0, 0.1) is 0 Å². The molecule has 1 aliphatic rings. The molecule has 0 saturated heterocycles. The van der Waals surface area contributed by atoms with E-state index in [-0.39, 0.29) is 18.4 Å². The Morgan fingerprint density at radius 2 is 1.82 bits per heavy atom. The molecule has 0 aliphatic heterocycles. The Bertz CT molecular complexity index is 1120. The second kappa shape index (κ2) is 11.2. The average molecular weight is 463 g/mol. The zero-order chi connectivity index (χ0) is 23.9. The van der Waals surface area contributed by atoms with Crippen LogP contribution in [0.2, 0.25) is 0 Å². The van der Waals surface area contributed by atoms with Gasteiger partial charge in [-0.15, -0.1) is 0 Å². The average Bonchev–Trinajstić information content (AvgIpc) is 3.21. The summed E-state index contributed by atoms with van der Waals surface area (Å²) < 4.78 is 7.17. The van der Waals surface area contributed by atoms with Gasteiger partial charge in [-0.05, 0) is 42.7 Å². The molecule has 7 nitrogen and oxygen atoms in total. The van der Waals surface area contributed by atoms with E-state index in [0.717, 1.165) is 41.0 Å². The van der Waals surface area contributed by atoms with Gasteiger partial charge in [0.2, 0.25) is 11.8 Å². The van der Waals surface area contributed by atoms with Crippen molar-refractivity contribution in [3.05, 3.63) is 59.9 Å². The monoisotopic (exact) mass is 462 g/mol. The Kier molecular flexibility index (Phi) is 7.83. The normalized spacial score (nSPS) is 14.2. The number of amides is 2. The molecule has 1 fully saturated rings. The van der Waals surface area contributed by atoms with Crippen molar-refractivity contribution in [2.75, 3.05) is 20.7 Å². The van der Waals surface area contributed by atoms with Crippen molar-refractivity contribution in [2.45, 2.75) is 57.5 Å². The number of rotatable bonds is 9. The number of nitrogens with zero attached hydrogens (tertiary/aromatic N) is 3. The van der Waals surface area contributed by atoms with E-state index >= 15 is 0 Å². The SMILES string of the molecule is COc1ccc(CC(=O)NCCc2nc3ccccc3n2CC(=O)N(C)C2CCCCC2)cc1. The van der Waals surface area contributed by atoms with E-state index in [1.165, 1.54) is 19.3 Å². The molecule has 1 saturated carbocycles. The summed E-state index contributed by atoms with van der Waals surface area (Å²) in [5.41, 5.74) is 2.75. The Morgan fingerprint density at radius 1 is 1.09 bits per heavy atom. The van der Waals surface area contributed by atoms with Gasteiger partial charge < -0.3 is 19.5 Å². The largest absolute Gasteiger partial charge is 0.497 e. The van der Waals surface area contributed by atoms with E-state index in [2.05, 4.69) is 5.32 Å². The number of carbonyl (C=O) groups is 2. The molecule has 0 spiro atoms. The van der Waals surface area contributed by atoms with Crippen molar-refractivity contribution >= 4 is 22.8 Å². The minimum Gasteiger partial charge on any atom is -0.497 e. The smallest absolute Gasteiger partial charge is 0.242 e. The molecule has 1 aromatic heterocycles. The van der Waals surface area contributed by atoms with Gasteiger partial charge in [0.15, 0.2) is 0 Å². The van der Waals surface area contributed by atoms with E-state index in [9.17, 15) is 9.59 Å². The molecule has 3 aromatic rings. The molecule has 1 heterocycles. The van der Waals surface area contributed by atoms with Crippen LogP contribution in [0.5, 0.6) is 5.75 Å². The fraction of sp³-hybridized carbons (Fsp3) is 0.444. The van der Waals surface area contributed by atoms with Crippen LogP contribution in [0.1, 0.15) is 43.5 Å². The Morgan fingerprint density at radius 3 is 2.56 bits per heavy atom. The standard InChI is InChI=1S/C27H34N4O3/c1-30(21-8-4-3-5-9-21)27(33)19-31-24-11-7-6-10-23(24)29-25(31)16-17-28-26(32)18-20-12-14-22(34-2)15-13-20/h6-7,10-15,21H,3-5,8-9,16-19H2,1-2H3,(H,28,32). The van der Waals surface area contributed by atoms with Crippen LogP contribution in [0.3, 0.4) is 0 Å². The van der Waals surface area contributed by atoms with Crippen molar-refractivity contribution in [1.82, 2.24) is 19.8 Å². The number of imidazole rings is 1. The summed E-state index contributed by atoms with van der Waals surface area (Å²) in [5, 5.41) is 2.99. The maximum absolute atomic E-state index is 13.1. The number of ether oxygens (including phenoxy) is 1. The van der Waals surface area contributed by atoms with Crippen LogP contribution in [0.15, 0.2) is 48.5 Å². The Hall–Kier alpha value is -3.35. The van der Waals surface area contributed by atoms with Crippen molar-refractivity contribution in [1.29, 1.82) is 0 Å². The van der Waals surface area contributed by atoms with Crippen LogP contribution >= 0.6 is 0 Å². The lowest BCUT2D eigenvalue weighted by Gasteiger charge is -2.31. The molecule has 0 atom stereocenters. The predicted octanol–water partition coefficient (Wildman–Crippen LogP) is 3.74. The van der Waals surface area contributed by atoms with Crippen molar-refractivity contribution in [3.8, 4) is 5.75 Å². The maximum Gasteiger partial charge on any atom is 0.242 e. The lowest BCUT2D eigenvalue weighted by molar-refractivity contribution is -0.133. The van der Waals surface area contributed by atoms with Gasteiger partial charge in [0.05, 0.1) is 24.6 Å². The molecule has 2 amide bonds. The lowest BCUT2D eigenvalue weighted by atomic mass is 9.94. The van der Waals surface area contributed by atoms with Crippen LogP contribution in [0.4, 0.5) is 0 Å². The van der Waals surface area contributed by atoms with Gasteiger partial charge in [-0.2, -0.15) is 0 Å². The molecule has 180 valence electrons. The van der Waals surface area contributed by atoms with Crippen molar-refractivity contribution in [3.63, 3.8) is 0 Å². The van der Waals surface area contributed by atoms with Crippen LogP contribution in [-0.4, -0.2) is 53.0 Å². The lowest BCUT2D eigenvalue weighted by Crippen LogP contribution is -2.40. The minimum absolute atomic E-state index is 0.0408. The number of hydrogen-bond acceptors (Lipinski definition) is 4.